The summed E-state index contributed by atoms with van der Waals surface area (Å²) in [5.74, 6) is 0.420. The molecule has 0 saturated carbocycles. The number of carbonyl (C=O) groups excluding carboxylic acids is 1. The number of hydrogen-bond donors (Lipinski definition) is 0. The maximum Gasteiger partial charge on any atom is 0.178 e. The van der Waals surface area contributed by atoms with Crippen LogP contribution in [0.4, 0.5) is 0 Å². The van der Waals surface area contributed by atoms with E-state index in [0.29, 0.717) is 12.2 Å². The van der Waals surface area contributed by atoms with Crippen molar-refractivity contribution in [3.63, 3.8) is 0 Å². The van der Waals surface area contributed by atoms with Gasteiger partial charge in [0, 0.05) is 5.56 Å². The Morgan fingerprint density at radius 1 is 1.05 bits per heavy atom. The van der Waals surface area contributed by atoms with Crippen LogP contribution >= 0.6 is 0 Å². The van der Waals surface area contributed by atoms with Crippen LogP contribution in [0.3, 0.4) is 0 Å². The maximum atomic E-state index is 11.6. The summed E-state index contributed by atoms with van der Waals surface area (Å²) in [4.78, 5) is 16.8. The summed E-state index contributed by atoms with van der Waals surface area (Å²) >= 11 is 0. The van der Waals surface area contributed by atoms with E-state index in [9.17, 15) is 4.79 Å². The normalized spacial score (nSPS) is 23.3. The summed E-state index contributed by atoms with van der Waals surface area (Å²) in [7, 11) is 0. The predicted octanol–water partition coefficient (Wildman–Crippen LogP) is 3.52. The lowest BCUT2D eigenvalue weighted by Crippen LogP contribution is -1.87. The lowest BCUT2D eigenvalue weighted by Gasteiger charge is -2.00. The number of benzene rings is 1. The van der Waals surface area contributed by atoms with Crippen molar-refractivity contribution in [2.24, 2.45) is 15.6 Å². The Bertz CT molecular complexity index is 613. The largest absolute Gasteiger partial charge is 0.337 e. The van der Waals surface area contributed by atoms with Crippen molar-refractivity contribution < 1.29 is 9.63 Å². The Hall–Kier alpha value is -2.82. The van der Waals surface area contributed by atoms with Crippen LogP contribution in [0.25, 0.3) is 6.08 Å². The number of allylic oxidation sites excluding steroid dienone is 5. The second-order valence-corrected chi connectivity index (χ2v) is 3.87. The van der Waals surface area contributed by atoms with E-state index in [-0.39, 0.29) is 5.78 Å². The van der Waals surface area contributed by atoms with Crippen LogP contribution in [0.2, 0.25) is 0 Å². The molecule has 0 fully saturated rings. The summed E-state index contributed by atoms with van der Waals surface area (Å²) in [5.41, 5.74) is 0.741. The monoisotopic (exact) mass is 267 g/mol. The third-order valence-electron chi connectivity index (χ3n) is 2.42. The molecule has 0 unspecified atom stereocenters. The van der Waals surface area contributed by atoms with E-state index in [2.05, 4.69) is 15.6 Å². The van der Waals surface area contributed by atoms with Gasteiger partial charge in [-0.1, -0.05) is 30.4 Å². The summed E-state index contributed by atoms with van der Waals surface area (Å²) in [5, 5.41) is 10.7. The van der Waals surface area contributed by atoms with Crippen molar-refractivity contribution in [2.75, 3.05) is 0 Å². The summed E-state index contributed by atoms with van der Waals surface area (Å²) < 4.78 is 0. The molecule has 100 valence electrons. The van der Waals surface area contributed by atoms with Gasteiger partial charge in [-0.3, -0.25) is 4.79 Å². The van der Waals surface area contributed by atoms with Gasteiger partial charge in [0.15, 0.2) is 11.5 Å². The number of para-hydroxylation sites is 1. The van der Waals surface area contributed by atoms with Crippen molar-refractivity contribution in [1.29, 1.82) is 0 Å². The molecule has 0 saturated heterocycles. The SMILES string of the molecule is O=C1/C=C\C\C=C/C=N\N=N/Oc2ccccc2/C=C\1. The number of carbonyl (C=O) groups is 1. The molecule has 1 aliphatic rings. The first-order chi connectivity index (χ1) is 9.86. The van der Waals surface area contributed by atoms with E-state index in [1.807, 2.05) is 24.3 Å². The van der Waals surface area contributed by atoms with Crippen molar-refractivity contribution in [2.45, 2.75) is 6.42 Å². The fourth-order valence-electron chi connectivity index (χ4n) is 1.48. The molecule has 0 spiro atoms. The molecule has 1 aromatic rings. The average molecular weight is 267 g/mol. The Kier molecular flexibility index (Phi) is 5.16. The molecule has 1 heterocycles. The number of fused-ring (bicyclic) bond motifs is 1. The first-order valence-electron chi connectivity index (χ1n) is 6.09. The van der Waals surface area contributed by atoms with E-state index >= 15 is 0 Å². The Morgan fingerprint density at radius 3 is 2.90 bits per heavy atom. The molecule has 5 heteroatoms. The van der Waals surface area contributed by atoms with Crippen LogP contribution in [0.15, 0.2) is 70.2 Å². The lowest BCUT2D eigenvalue weighted by atomic mass is 10.1. The van der Waals surface area contributed by atoms with E-state index in [4.69, 9.17) is 4.84 Å². The van der Waals surface area contributed by atoms with Gasteiger partial charge in [-0.05, 0) is 42.0 Å². The van der Waals surface area contributed by atoms with Crippen LogP contribution in [0, 0.1) is 0 Å². The third kappa shape index (κ3) is 4.45. The fourth-order valence-corrected chi connectivity index (χ4v) is 1.48. The minimum Gasteiger partial charge on any atom is -0.337 e. The highest BCUT2D eigenvalue weighted by Gasteiger charge is 2.00. The Morgan fingerprint density at radius 2 is 1.95 bits per heavy atom. The third-order valence-corrected chi connectivity index (χ3v) is 2.42. The molecule has 2 rings (SSSR count). The maximum absolute atomic E-state index is 11.6. The topological polar surface area (TPSA) is 63.4 Å². The molecule has 0 atom stereocenters. The first kappa shape index (κ1) is 13.6. The van der Waals surface area contributed by atoms with Crippen molar-refractivity contribution >= 4 is 18.1 Å². The molecule has 0 radical (unpaired) electrons. The highest BCUT2D eigenvalue weighted by Crippen LogP contribution is 2.19. The second kappa shape index (κ2) is 7.58. The molecule has 1 aromatic carbocycles. The van der Waals surface area contributed by atoms with Gasteiger partial charge in [0.1, 0.15) is 0 Å². The predicted molar refractivity (Wildman–Crippen MR) is 77.4 cm³/mol. The van der Waals surface area contributed by atoms with Crippen molar-refractivity contribution in [3.05, 3.63) is 60.2 Å². The van der Waals surface area contributed by atoms with Gasteiger partial charge in [-0.15, -0.1) is 5.10 Å². The summed E-state index contributed by atoms with van der Waals surface area (Å²) in [6, 6.07) is 7.21. The standard InChI is InChI=1S/C15H13N3O2/c19-14-8-3-1-2-6-12-16-17-18-20-15-9-5-4-7-13(15)10-11-14/h2-12H,1H2/b6-2-,8-3-,11-10-,16-12-,18-17-. The smallest absolute Gasteiger partial charge is 0.178 e. The molecule has 1 aliphatic heterocycles. The highest BCUT2D eigenvalue weighted by atomic mass is 16.6. The first-order valence-corrected chi connectivity index (χ1v) is 6.09. The zero-order valence-corrected chi connectivity index (χ0v) is 10.7. The minimum atomic E-state index is -0.0848. The molecule has 5 nitrogen and oxygen atoms in total. The lowest BCUT2D eigenvalue weighted by molar-refractivity contribution is -0.110. The van der Waals surface area contributed by atoms with Gasteiger partial charge < -0.3 is 4.84 Å². The van der Waals surface area contributed by atoms with Crippen molar-refractivity contribution in [1.82, 2.24) is 0 Å². The zero-order chi connectivity index (χ0) is 14.0. The van der Waals surface area contributed by atoms with E-state index in [0.717, 1.165) is 5.56 Å². The number of hydrogen-bond acceptors (Lipinski definition) is 5. The molecule has 0 N–H and O–H groups in total. The molecular formula is C15H13N3O2. The van der Waals surface area contributed by atoms with Crippen LogP contribution in [0.1, 0.15) is 12.0 Å². The van der Waals surface area contributed by atoms with Gasteiger partial charge in [0.05, 0.1) is 11.5 Å². The van der Waals surface area contributed by atoms with Crippen LogP contribution in [-0.2, 0) is 4.79 Å². The second-order valence-electron chi connectivity index (χ2n) is 3.87. The van der Waals surface area contributed by atoms with E-state index in [1.165, 1.54) is 18.4 Å². The quantitative estimate of drug-likeness (QED) is 0.722. The van der Waals surface area contributed by atoms with Gasteiger partial charge in [0.25, 0.3) is 0 Å². The molecule has 0 aliphatic carbocycles. The van der Waals surface area contributed by atoms with E-state index in [1.54, 1.807) is 24.3 Å². The fraction of sp³-hybridized carbons (Fsp3) is 0.0667. The number of rotatable bonds is 0. The molecular weight excluding hydrogens is 254 g/mol. The summed E-state index contributed by atoms with van der Waals surface area (Å²) in [6.07, 6.45) is 12.2. The highest BCUT2D eigenvalue weighted by molar-refractivity contribution is 6.02. The van der Waals surface area contributed by atoms with Gasteiger partial charge in [-0.25, -0.2) is 0 Å². The molecule has 0 amide bonds. The number of ketones is 1. The Balaban J connectivity index is 2.27. The summed E-state index contributed by atoms with van der Waals surface area (Å²) in [6.45, 7) is 0. The van der Waals surface area contributed by atoms with Crippen LogP contribution in [0.5, 0.6) is 5.75 Å². The molecule has 0 bridgehead atoms. The van der Waals surface area contributed by atoms with Gasteiger partial charge in [0.2, 0.25) is 0 Å². The molecule has 20 heavy (non-hydrogen) atoms. The van der Waals surface area contributed by atoms with Crippen LogP contribution < -0.4 is 4.84 Å². The van der Waals surface area contributed by atoms with Crippen molar-refractivity contribution in [3.8, 4) is 5.75 Å². The van der Waals surface area contributed by atoms with Crippen LogP contribution in [-0.4, -0.2) is 12.0 Å². The van der Waals surface area contributed by atoms with E-state index < -0.39 is 0 Å². The van der Waals surface area contributed by atoms with Gasteiger partial charge in [-0.2, -0.15) is 0 Å². The van der Waals surface area contributed by atoms with Gasteiger partial charge >= 0.3 is 0 Å². The number of nitrogens with zero attached hydrogens (tertiary/aromatic N) is 3. The molecule has 0 aromatic heterocycles. The Labute approximate surface area is 116 Å². The average Bonchev–Trinajstić information content (AvgIpc) is 2.48. The zero-order valence-electron chi connectivity index (χ0n) is 10.7. The minimum absolute atomic E-state index is 0.0848.